The Balaban J connectivity index is 1.49. The fourth-order valence-electron chi connectivity index (χ4n) is 4.05. The van der Waals surface area contributed by atoms with Crippen LogP contribution in [0.3, 0.4) is 0 Å². The molecule has 1 atom stereocenters. The van der Waals surface area contributed by atoms with Gasteiger partial charge in [-0.25, -0.2) is 4.79 Å². The van der Waals surface area contributed by atoms with Crippen molar-refractivity contribution >= 4 is 29.2 Å². The molecule has 1 fully saturated rings. The highest BCUT2D eigenvalue weighted by atomic mass is 19.4. The van der Waals surface area contributed by atoms with Crippen LogP contribution in [0.2, 0.25) is 0 Å². The van der Waals surface area contributed by atoms with Gasteiger partial charge in [0.1, 0.15) is 0 Å². The number of benzene rings is 2. The lowest BCUT2D eigenvalue weighted by molar-refractivity contribution is -0.137. The van der Waals surface area contributed by atoms with E-state index in [1.54, 1.807) is 0 Å². The van der Waals surface area contributed by atoms with Gasteiger partial charge >= 0.3 is 12.2 Å². The van der Waals surface area contributed by atoms with Crippen molar-refractivity contribution in [2.75, 3.05) is 37.2 Å². The van der Waals surface area contributed by atoms with E-state index in [1.807, 2.05) is 32.0 Å². The van der Waals surface area contributed by atoms with Crippen molar-refractivity contribution in [3.63, 3.8) is 0 Å². The standard InChI is InChI=1S/C25H31F3N6O3/c1-3-30-24(37)33-21-10-16(5-4-15(21)2)13-34-9-8-18(14-34)32-22(35)12-31-23(36)19-11-17(25(26,27)28)6-7-20(19)29/h4-7,10-11,18H,3,8-9,12-14,29H2,1-2H3,(H,31,36)(H,32,35)(H2,30,33,37). The topological polar surface area (TPSA) is 129 Å². The molecule has 0 aliphatic carbocycles. The van der Waals surface area contributed by atoms with Crippen LogP contribution in [-0.2, 0) is 17.5 Å². The monoisotopic (exact) mass is 520 g/mol. The molecule has 1 saturated heterocycles. The number of nitrogens with one attached hydrogen (secondary N) is 4. The second-order valence-electron chi connectivity index (χ2n) is 8.90. The molecule has 0 saturated carbocycles. The Morgan fingerprint density at radius 1 is 1.11 bits per heavy atom. The molecule has 4 amide bonds. The number of alkyl halides is 3. The number of hydrogen-bond acceptors (Lipinski definition) is 5. The Labute approximate surface area is 213 Å². The molecule has 0 aromatic heterocycles. The van der Waals surface area contributed by atoms with Crippen molar-refractivity contribution in [2.45, 2.75) is 39.0 Å². The molecule has 6 N–H and O–H groups in total. The van der Waals surface area contributed by atoms with Gasteiger partial charge in [-0.05, 0) is 55.7 Å². The molecule has 200 valence electrons. The number of likely N-dealkylation sites (tertiary alicyclic amines) is 1. The van der Waals surface area contributed by atoms with E-state index in [0.29, 0.717) is 32.1 Å². The molecule has 2 aromatic rings. The summed E-state index contributed by atoms with van der Waals surface area (Å²) in [6.07, 6.45) is -3.91. The number of nitrogens with two attached hydrogens (primary N) is 1. The zero-order chi connectivity index (χ0) is 27.2. The molecule has 0 spiro atoms. The largest absolute Gasteiger partial charge is 0.416 e. The summed E-state index contributed by atoms with van der Waals surface area (Å²) in [7, 11) is 0. The molecule has 2 aromatic carbocycles. The van der Waals surface area contributed by atoms with Gasteiger partial charge in [-0.3, -0.25) is 14.5 Å². The number of rotatable bonds is 8. The van der Waals surface area contributed by atoms with E-state index in [-0.39, 0.29) is 23.3 Å². The Morgan fingerprint density at radius 3 is 2.57 bits per heavy atom. The fraction of sp³-hybridized carbons (Fsp3) is 0.400. The predicted octanol–water partition coefficient (Wildman–Crippen LogP) is 2.86. The van der Waals surface area contributed by atoms with Crippen LogP contribution in [0, 0.1) is 6.92 Å². The SMILES string of the molecule is CCNC(=O)Nc1cc(CN2CCC(NC(=O)CNC(=O)c3cc(C(F)(F)F)ccc3N)C2)ccc1C. The lowest BCUT2D eigenvalue weighted by atomic mass is 10.1. The highest BCUT2D eigenvalue weighted by molar-refractivity contribution is 6.00. The van der Waals surface area contributed by atoms with Crippen LogP contribution in [0.4, 0.5) is 29.3 Å². The number of carbonyl (C=O) groups is 3. The number of carbonyl (C=O) groups excluding carboxylic acids is 3. The molecule has 0 bridgehead atoms. The van der Waals surface area contributed by atoms with Crippen molar-refractivity contribution < 1.29 is 27.6 Å². The number of hydrogen-bond donors (Lipinski definition) is 5. The number of anilines is 2. The summed E-state index contributed by atoms with van der Waals surface area (Å²) < 4.78 is 38.8. The summed E-state index contributed by atoms with van der Waals surface area (Å²) in [4.78, 5) is 38.7. The number of nitrogens with zero attached hydrogens (tertiary/aromatic N) is 1. The molecular formula is C25H31F3N6O3. The zero-order valence-corrected chi connectivity index (χ0v) is 20.7. The lowest BCUT2D eigenvalue weighted by Crippen LogP contribution is -2.43. The van der Waals surface area contributed by atoms with E-state index >= 15 is 0 Å². The number of halogens is 3. The zero-order valence-electron chi connectivity index (χ0n) is 20.7. The number of aryl methyl sites for hydroxylation is 1. The highest BCUT2D eigenvalue weighted by Crippen LogP contribution is 2.31. The van der Waals surface area contributed by atoms with Crippen molar-refractivity contribution in [1.29, 1.82) is 0 Å². The first-order chi connectivity index (χ1) is 17.5. The maximum Gasteiger partial charge on any atom is 0.416 e. The number of nitrogen functional groups attached to an aromatic ring is 1. The highest BCUT2D eigenvalue weighted by Gasteiger charge is 2.31. The van der Waals surface area contributed by atoms with Gasteiger partial charge in [-0.2, -0.15) is 13.2 Å². The smallest absolute Gasteiger partial charge is 0.398 e. The Bertz CT molecular complexity index is 1150. The maximum atomic E-state index is 12.9. The van der Waals surface area contributed by atoms with Crippen molar-refractivity contribution in [3.05, 3.63) is 58.7 Å². The van der Waals surface area contributed by atoms with Crippen LogP contribution in [0.5, 0.6) is 0 Å². The molecule has 0 radical (unpaired) electrons. The van der Waals surface area contributed by atoms with Gasteiger partial charge in [0, 0.05) is 43.6 Å². The number of amides is 4. The van der Waals surface area contributed by atoms with Crippen LogP contribution < -0.4 is 27.0 Å². The van der Waals surface area contributed by atoms with Gasteiger partial charge in [0.05, 0.1) is 17.7 Å². The van der Waals surface area contributed by atoms with Crippen LogP contribution in [0.25, 0.3) is 0 Å². The average molecular weight is 521 g/mol. The van der Waals surface area contributed by atoms with Crippen LogP contribution in [0.1, 0.15) is 40.4 Å². The van der Waals surface area contributed by atoms with Gasteiger partial charge in [0.2, 0.25) is 5.91 Å². The van der Waals surface area contributed by atoms with E-state index in [9.17, 15) is 27.6 Å². The molecule has 3 rings (SSSR count). The van der Waals surface area contributed by atoms with Crippen molar-refractivity contribution in [2.24, 2.45) is 0 Å². The van der Waals surface area contributed by atoms with Gasteiger partial charge in [-0.15, -0.1) is 0 Å². The van der Waals surface area contributed by atoms with Crippen LogP contribution in [0.15, 0.2) is 36.4 Å². The van der Waals surface area contributed by atoms with Crippen molar-refractivity contribution in [1.82, 2.24) is 20.9 Å². The third-order valence-corrected chi connectivity index (χ3v) is 5.97. The molecule has 1 aliphatic heterocycles. The summed E-state index contributed by atoms with van der Waals surface area (Å²) in [5, 5.41) is 10.7. The second kappa shape index (κ2) is 12.0. The Kier molecular flexibility index (Phi) is 8.98. The van der Waals surface area contributed by atoms with Gasteiger partial charge in [-0.1, -0.05) is 12.1 Å². The Morgan fingerprint density at radius 2 is 1.86 bits per heavy atom. The molecular weight excluding hydrogens is 489 g/mol. The van der Waals surface area contributed by atoms with Gasteiger partial charge < -0.3 is 27.0 Å². The minimum absolute atomic E-state index is 0.113. The first-order valence-corrected chi connectivity index (χ1v) is 11.9. The maximum absolute atomic E-state index is 12.9. The van der Waals surface area contributed by atoms with E-state index in [1.165, 1.54) is 0 Å². The molecule has 1 unspecified atom stereocenters. The van der Waals surface area contributed by atoms with E-state index in [4.69, 9.17) is 5.73 Å². The third-order valence-electron chi connectivity index (χ3n) is 5.97. The predicted molar refractivity (Wildman–Crippen MR) is 134 cm³/mol. The molecule has 12 heteroatoms. The van der Waals surface area contributed by atoms with E-state index in [0.717, 1.165) is 35.5 Å². The van der Waals surface area contributed by atoms with Gasteiger partial charge in [0.15, 0.2) is 0 Å². The first-order valence-electron chi connectivity index (χ1n) is 11.9. The quantitative estimate of drug-likeness (QED) is 0.342. The van der Waals surface area contributed by atoms with Crippen LogP contribution in [-0.4, -0.2) is 55.0 Å². The minimum atomic E-state index is -4.62. The average Bonchev–Trinajstić information content (AvgIpc) is 3.25. The molecule has 37 heavy (non-hydrogen) atoms. The normalized spacial score (nSPS) is 15.8. The second-order valence-corrected chi connectivity index (χ2v) is 8.90. The molecule has 1 heterocycles. The van der Waals surface area contributed by atoms with Gasteiger partial charge in [0.25, 0.3) is 5.91 Å². The van der Waals surface area contributed by atoms with Crippen LogP contribution >= 0.6 is 0 Å². The lowest BCUT2D eigenvalue weighted by Gasteiger charge is -2.18. The summed E-state index contributed by atoms with van der Waals surface area (Å²) in [6.45, 7) is 5.84. The van der Waals surface area contributed by atoms with E-state index < -0.39 is 30.1 Å². The Hall–Kier alpha value is -3.80. The summed E-state index contributed by atoms with van der Waals surface area (Å²) >= 11 is 0. The number of urea groups is 1. The summed E-state index contributed by atoms with van der Waals surface area (Å²) in [5.74, 6) is -1.31. The summed E-state index contributed by atoms with van der Waals surface area (Å²) in [5.41, 5.74) is 6.87. The first kappa shape index (κ1) is 27.8. The third kappa shape index (κ3) is 7.84. The minimum Gasteiger partial charge on any atom is -0.398 e. The summed E-state index contributed by atoms with van der Waals surface area (Å²) in [6, 6.07) is 7.91. The van der Waals surface area contributed by atoms with E-state index in [2.05, 4.69) is 26.2 Å². The molecule has 9 nitrogen and oxygen atoms in total. The molecule has 1 aliphatic rings. The fourth-order valence-corrected chi connectivity index (χ4v) is 4.05. The van der Waals surface area contributed by atoms with Crippen molar-refractivity contribution in [3.8, 4) is 0 Å².